The Bertz CT molecular complexity index is 967. The highest BCUT2D eigenvalue weighted by Gasteiger charge is 2.41. The fourth-order valence-corrected chi connectivity index (χ4v) is 3.65. The standard InChI is InChI=1S/C20H17ClFN3O/c1-2-10-25-19(13-4-3-5-15(22)11-13)16-17(23-24-18(16)20(25)26)12-6-8-14(21)9-7-12/h3-9,11,19H,2,10H2,1H3,(H,23,24). The molecule has 0 aliphatic carbocycles. The fraction of sp³-hybridized carbons (Fsp3) is 0.200. The van der Waals surface area contributed by atoms with E-state index in [2.05, 4.69) is 10.2 Å². The molecule has 1 unspecified atom stereocenters. The van der Waals surface area contributed by atoms with Gasteiger partial charge in [0, 0.05) is 22.7 Å². The molecule has 0 saturated heterocycles. The smallest absolute Gasteiger partial charge is 0.273 e. The summed E-state index contributed by atoms with van der Waals surface area (Å²) in [5.74, 6) is -0.430. The van der Waals surface area contributed by atoms with Gasteiger partial charge in [0.1, 0.15) is 11.5 Å². The summed E-state index contributed by atoms with van der Waals surface area (Å²) in [5, 5.41) is 7.89. The second-order valence-corrected chi connectivity index (χ2v) is 6.76. The molecule has 26 heavy (non-hydrogen) atoms. The number of halogens is 2. The summed E-state index contributed by atoms with van der Waals surface area (Å²) in [4.78, 5) is 14.7. The third-order valence-corrected chi connectivity index (χ3v) is 4.86. The molecular weight excluding hydrogens is 353 g/mol. The number of aromatic nitrogens is 2. The summed E-state index contributed by atoms with van der Waals surface area (Å²) < 4.78 is 13.9. The van der Waals surface area contributed by atoms with Crippen LogP contribution in [0.15, 0.2) is 48.5 Å². The maximum Gasteiger partial charge on any atom is 0.273 e. The maximum absolute atomic E-state index is 13.9. The molecule has 1 aromatic heterocycles. The van der Waals surface area contributed by atoms with Crippen LogP contribution in [-0.4, -0.2) is 27.5 Å². The van der Waals surface area contributed by atoms with E-state index in [9.17, 15) is 9.18 Å². The van der Waals surface area contributed by atoms with E-state index in [4.69, 9.17) is 11.6 Å². The molecule has 0 spiro atoms. The number of H-pyrrole nitrogens is 1. The van der Waals surface area contributed by atoms with Crippen LogP contribution in [0, 0.1) is 5.82 Å². The summed E-state index contributed by atoms with van der Waals surface area (Å²) >= 11 is 5.99. The largest absolute Gasteiger partial charge is 0.326 e. The van der Waals surface area contributed by atoms with E-state index in [1.807, 2.05) is 25.1 Å². The summed E-state index contributed by atoms with van der Waals surface area (Å²) in [6.45, 7) is 2.60. The van der Waals surface area contributed by atoms with Gasteiger partial charge in [0.2, 0.25) is 0 Å². The topological polar surface area (TPSA) is 49.0 Å². The Morgan fingerprint density at radius 3 is 2.69 bits per heavy atom. The summed E-state index contributed by atoms with van der Waals surface area (Å²) in [7, 11) is 0. The summed E-state index contributed by atoms with van der Waals surface area (Å²) in [5.41, 5.74) is 3.55. The third kappa shape index (κ3) is 2.69. The summed E-state index contributed by atoms with van der Waals surface area (Å²) in [6, 6.07) is 13.3. The molecule has 2 heterocycles. The average molecular weight is 370 g/mol. The molecule has 1 atom stereocenters. The van der Waals surface area contributed by atoms with Gasteiger partial charge in [-0.05, 0) is 36.2 Å². The minimum atomic E-state index is -0.363. The van der Waals surface area contributed by atoms with Crippen molar-refractivity contribution < 1.29 is 9.18 Å². The van der Waals surface area contributed by atoms with Crippen molar-refractivity contribution in [2.45, 2.75) is 19.4 Å². The lowest BCUT2D eigenvalue weighted by Crippen LogP contribution is -2.30. The second kappa shape index (κ2) is 6.57. The van der Waals surface area contributed by atoms with Crippen molar-refractivity contribution in [3.05, 3.63) is 76.2 Å². The first-order valence-corrected chi connectivity index (χ1v) is 8.88. The maximum atomic E-state index is 13.9. The highest BCUT2D eigenvalue weighted by molar-refractivity contribution is 6.30. The van der Waals surface area contributed by atoms with Crippen LogP contribution in [-0.2, 0) is 0 Å². The monoisotopic (exact) mass is 369 g/mol. The Morgan fingerprint density at radius 2 is 2.00 bits per heavy atom. The minimum Gasteiger partial charge on any atom is -0.326 e. The van der Waals surface area contributed by atoms with Crippen LogP contribution in [0.5, 0.6) is 0 Å². The molecule has 0 saturated carbocycles. The van der Waals surface area contributed by atoms with E-state index < -0.39 is 0 Å². The van der Waals surface area contributed by atoms with Gasteiger partial charge in [-0.3, -0.25) is 9.89 Å². The Balaban J connectivity index is 1.89. The second-order valence-electron chi connectivity index (χ2n) is 6.32. The van der Waals surface area contributed by atoms with Crippen molar-refractivity contribution in [2.75, 3.05) is 6.54 Å². The molecule has 1 amide bonds. The number of carbonyl (C=O) groups excluding carboxylic acids is 1. The van der Waals surface area contributed by atoms with Crippen molar-refractivity contribution in [1.29, 1.82) is 0 Å². The Morgan fingerprint density at radius 1 is 1.23 bits per heavy atom. The third-order valence-electron chi connectivity index (χ3n) is 4.61. The first kappa shape index (κ1) is 16.8. The first-order chi connectivity index (χ1) is 12.6. The molecule has 3 aromatic rings. The number of rotatable bonds is 4. The van der Waals surface area contributed by atoms with Gasteiger partial charge < -0.3 is 4.90 Å². The van der Waals surface area contributed by atoms with Crippen molar-refractivity contribution >= 4 is 17.5 Å². The molecule has 0 fully saturated rings. The number of hydrogen-bond donors (Lipinski definition) is 1. The molecule has 2 aromatic carbocycles. The van der Waals surface area contributed by atoms with Gasteiger partial charge in [-0.25, -0.2) is 4.39 Å². The molecule has 0 bridgehead atoms. The number of hydrogen-bond acceptors (Lipinski definition) is 2. The van der Waals surface area contributed by atoms with Crippen molar-refractivity contribution in [3.63, 3.8) is 0 Å². The van der Waals surface area contributed by atoms with Crippen molar-refractivity contribution in [2.24, 2.45) is 0 Å². The van der Waals surface area contributed by atoms with Crippen LogP contribution in [0.4, 0.5) is 4.39 Å². The number of benzene rings is 2. The Labute approximate surface area is 155 Å². The normalized spacial score (nSPS) is 16.2. The van der Waals surface area contributed by atoms with Gasteiger partial charge >= 0.3 is 0 Å². The average Bonchev–Trinajstić information content (AvgIpc) is 3.16. The molecule has 6 heteroatoms. The van der Waals surface area contributed by atoms with E-state index in [-0.39, 0.29) is 17.8 Å². The molecule has 0 radical (unpaired) electrons. The highest BCUT2D eigenvalue weighted by atomic mass is 35.5. The van der Waals surface area contributed by atoms with Gasteiger partial charge in [-0.15, -0.1) is 0 Å². The van der Waals surface area contributed by atoms with Crippen molar-refractivity contribution in [3.8, 4) is 11.3 Å². The molecule has 1 aliphatic heterocycles. The zero-order chi connectivity index (χ0) is 18.3. The lowest BCUT2D eigenvalue weighted by molar-refractivity contribution is 0.0743. The number of carbonyl (C=O) groups is 1. The molecule has 1 N–H and O–H groups in total. The molecular formula is C20H17ClFN3O. The van der Waals surface area contributed by atoms with E-state index in [1.165, 1.54) is 12.1 Å². The van der Waals surface area contributed by atoms with Crippen LogP contribution in [0.25, 0.3) is 11.3 Å². The zero-order valence-electron chi connectivity index (χ0n) is 14.2. The summed E-state index contributed by atoms with van der Waals surface area (Å²) in [6.07, 6.45) is 0.811. The van der Waals surface area contributed by atoms with Crippen LogP contribution < -0.4 is 0 Å². The van der Waals surface area contributed by atoms with Crippen molar-refractivity contribution in [1.82, 2.24) is 15.1 Å². The Hall–Kier alpha value is -2.66. The Kier molecular flexibility index (Phi) is 4.24. The van der Waals surface area contributed by atoms with E-state index in [1.54, 1.807) is 23.1 Å². The van der Waals surface area contributed by atoms with Crippen LogP contribution >= 0.6 is 11.6 Å². The quantitative estimate of drug-likeness (QED) is 0.716. The highest BCUT2D eigenvalue weighted by Crippen LogP contribution is 2.42. The van der Waals surface area contributed by atoms with E-state index >= 15 is 0 Å². The number of nitrogens with zero attached hydrogens (tertiary/aromatic N) is 2. The lowest BCUT2D eigenvalue weighted by Gasteiger charge is -2.26. The van der Waals surface area contributed by atoms with E-state index in [0.717, 1.165) is 23.1 Å². The van der Waals surface area contributed by atoms with Gasteiger partial charge in [-0.2, -0.15) is 5.10 Å². The van der Waals surface area contributed by atoms with Gasteiger partial charge in [0.25, 0.3) is 5.91 Å². The number of amides is 1. The molecule has 132 valence electrons. The van der Waals surface area contributed by atoms with Gasteiger partial charge in [0.05, 0.1) is 11.7 Å². The molecule has 4 rings (SSSR count). The number of fused-ring (bicyclic) bond motifs is 1. The van der Waals surface area contributed by atoms with E-state index in [0.29, 0.717) is 23.0 Å². The van der Waals surface area contributed by atoms with Crippen LogP contribution in [0.3, 0.4) is 0 Å². The SMILES string of the molecule is CCCN1C(=O)c2[nH]nc(-c3ccc(Cl)cc3)c2C1c1cccc(F)c1. The van der Waals surface area contributed by atoms with Gasteiger partial charge in [0.15, 0.2) is 0 Å². The fourth-order valence-electron chi connectivity index (χ4n) is 3.52. The minimum absolute atomic E-state index is 0.108. The lowest BCUT2D eigenvalue weighted by atomic mass is 9.96. The molecule has 4 nitrogen and oxygen atoms in total. The number of nitrogens with one attached hydrogen (secondary N) is 1. The predicted molar refractivity (Wildman–Crippen MR) is 98.6 cm³/mol. The van der Waals surface area contributed by atoms with Crippen LogP contribution in [0.1, 0.15) is 41.0 Å². The molecule has 1 aliphatic rings. The first-order valence-electron chi connectivity index (χ1n) is 8.50. The predicted octanol–water partition coefficient (Wildman–Crippen LogP) is 4.82. The zero-order valence-corrected chi connectivity index (χ0v) is 14.9. The number of aromatic amines is 1. The van der Waals surface area contributed by atoms with Crippen LogP contribution in [0.2, 0.25) is 5.02 Å². The van der Waals surface area contributed by atoms with Gasteiger partial charge in [-0.1, -0.05) is 42.8 Å².